The summed E-state index contributed by atoms with van der Waals surface area (Å²) < 4.78 is 24.8. The normalized spacial score (nSPS) is 12.9. The van der Waals surface area contributed by atoms with Gasteiger partial charge < -0.3 is 25.4 Å². The van der Waals surface area contributed by atoms with E-state index in [-0.39, 0.29) is 42.2 Å². The number of carbonyl (C=O) groups is 1. The summed E-state index contributed by atoms with van der Waals surface area (Å²) in [5.74, 6) is 1.43. The molecule has 0 unspecified atom stereocenters. The zero-order valence-corrected chi connectivity index (χ0v) is 20.5. The molecule has 32 heavy (non-hydrogen) atoms. The van der Waals surface area contributed by atoms with Gasteiger partial charge in [0.05, 0.1) is 13.2 Å². The van der Waals surface area contributed by atoms with Gasteiger partial charge in [-0.05, 0) is 42.7 Å². The monoisotopic (exact) mass is 556 g/mol. The summed E-state index contributed by atoms with van der Waals surface area (Å²) in [5, 5.41) is 9.22. The molecule has 7 nitrogen and oxygen atoms in total. The third-order valence-electron chi connectivity index (χ3n) is 4.56. The quantitative estimate of drug-likeness (QED) is 0.262. The van der Waals surface area contributed by atoms with E-state index in [1.54, 1.807) is 6.07 Å². The molecule has 1 aliphatic rings. The summed E-state index contributed by atoms with van der Waals surface area (Å²) in [6, 6.07) is 12.1. The number of guanidine groups is 1. The lowest BCUT2D eigenvalue weighted by Crippen LogP contribution is -2.34. The van der Waals surface area contributed by atoms with Crippen LogP contribution in [0.4, 0.5) is 10.1 Å². The highest BCUT2D eigenvalue weighted by atomic mass is 127. The van der Waals surface area contributed by atoms with E-state index in [9.17, 15) is 9.18 Å². The smallest absolute Gasteiger partial charge is 0.241 e. The largest absolute Gasteiger partial charge is 0.490 e. The second kappa shape index (κ2) is 13.8. The van der Waals surface area contributed by atoms with Gasteiger partial charge in [0.25, 0.3) is 0 Å². The molecular weight excluding hydrogens is 526 g/mol. The summed E-state index contributed by atoms with van der Waals surface area (Å²) in [7, 11) is 0. The molecule has 0 aromatic heterocycles. The number of amides is 1. The van der Waals surface area contributed by atoms with Gasteiger partial charge in [-0.1, -0.05) is 19.1 Å². The van der Waals surface area contributed by atoms with Crippen LogP contribution in [0.25, 0.3) is 0 Å². The predicted octanol–water partition coefficient (Wildman–Crippen LogP) is 3.73. The molecule has 1 aliphatic heterocycles. The molecule has 0 atom stereocenters. The zero-order valence-electron chi connectivity index (χ0n) is 18.2. The third-order valence-corrected chi connectivity index (χ3v) is 4.56. The molecule has 9 heteroatoms. The first-order valence-corrected chi connectivity index (χ1v) is 10.6. The van der Waals surface area contributed by atoms with Gasteiger partial charge in [-0.2, -0.15) is 0 Å². The van der Waals surface area contributed by atoms with Gasteiger partial charge in [0.1, 0.15) is 12.4 Å². The van der Waals surface area contributed by atoms with Crippen molar-refractivity contribution in [1.29, 1.82) is 0 Å². The Morgan fingerprint density at radius 3 is 2.66 bits per heavy atom. The van der Waals surface area contributed by atoms with Gasteiger partial charge in [-0.15, -0.1) is 24.0 Å². The summed E-state index contributed by atoms with van der Waals surface area (Å²) in [5.41, 5.74) is 1.64. The first-order valence-electron chi connectivity index (χ1n) is 10.6. The maximum atomic E-state index is 13.4. The highest BCUT2D eigenvalue weighted by molar-refractivity contribution is 14.0. The van der Waals surface area contributed by atoms with Crippen molar-refractivity contribution in [2.24, 2.45) is 4.99 Å². The van der Waals surface area contributed by atoms with Gasteiger partial charge >= 0.3 is 0 Å². The molecule has 0 fully saturated rings. The summed E-state index contributed by atoms with van der Waals surface area (Å²) in [6.07, 6.45) is 2.31. The fourth-order valence-corrected chi connectivity index (χ4v) is 3.01. The maximum absolute atomic E-state index is 13.4. The van der Waals surface area contributed by atoms with Gasteiger partial charge in [0, 0.05) is 31.3 Å². The fraction of sp³-hybridized carbons (Fsp3) is 0.391. The van der Waals surface area contributed by atoms with Crippen LogP contribution in [0, 0.1) is 5.82 Å². The number of nitrogens with zero attached hydrogens (tertiary/aromatic N) is 1. The third kappa shape index (κ3) is 8.52. The molecular formula is C23H30FIN4O3. The van der Waals surface area contributed by atoms with Crippen LogP contribution in [0.2, 0.25) is 0 Å². The van der Waals surface area contributed by atoms with Crippen LogP contribution in [-0.4, -0.2) is 44.7 Å². The number of benzene rings is 2. The highest BCUT2D eigenvalue weighted by Crippen LogP contribution is 2.32. The molecule has 0 spiro atoms. The number of anilines is 1. The maximum Gasteiger partial charge on any atom is 0.241 e. The minimum atomic E-state index is -0.260. The lowest BCUT2D eigenvalue weighted by molar-refractivity contribution is -0.119. The molecule has 2 aromatic rings. The van der Waals surface area contributed by atoms with E-state index < -0.39 is 0 Å². The molecule has 2 aromatic carbocycles. The Bertz CT molecular complexity index is 911. The lowest BCUT2D eigenvalue weighted by Gasteiger charge is -2.15. The minimum absolute atomic E-state index is 0. The molecule has 0 radical (unpaired) electrons. The summed E-state index contributed by atoms with van der Waals surface area (Å²) in [4.78, 5) is 16.4. The number of rotatable bonds is 8. The molecule has 0 aliphatic carbocycles. The highest BCUT2D eigenvalue weighted by Gasteiger charge is 2.12. The SMILES string of the molecule is CCCNC(=O)CN=C(NCCc1cccc(F)c1)Nc1ccc2c(c1)OCCCO2.I. The van der Waals surface area contributed by atoms with Crippen LogP contribution in [0.15, 0.2) is 47.5 Å². The Morgan fingerprint density at radius 2 is 1.88 bits per heavy atom. The van der Waals surface area contributed by atoms with Crippen LogP contribution < -0.4 is 25.4 Å². The first-order chi connectivity index (χ1) is 15.1. The number of nitrogens with one attached hydrogen (secondary N) is 3. The van der Waals surface area contributed by atoms with Crippen molar-refractivity contribution in [3.05, 3.63) is 53.8 Å². The van der Waals surface area contributed by atoms with Crippen LogP contribution in [0.1, 0.15) is 25.3 Å². The molecule has 3 rings (SSSR count). The van der Waals surface area contributed by atoms with E-state index in [1.807, 2.05) is 31.2 Å². The van der Waals surface area contributed by atoms with E-state index in [0.717, 1.165) is 24.1 Å². The van der Waals surface area contributed by atoms with Crippen molar-refractivity contribution in [3.63, 3.8) is 0 Å². The molecule has 0 saturated carbocycles. The minimum Gasteiger partial charge on any atom is -0.490 e. The Hall–Kier alpha value is -2.56. The molecule has 0 saturated heterocycles. The standard InChI is InChI=1S/C23H29FN4O3.HI/c1-2-10-25-22(29)16-27-23(26-11-9-17-5-3-6-18(24)14-17)28-19-7-8-20-21(15-19)31-13-4-12-30-20;/h3,5-8,14-15H,2,4,9-13,16H2,1H3,(H,25,29)(H2,26,27,28);1H. The van der Waals surface area contributed by atoms with Gasteiger partial charge in [0.15, 0.2) is 17.5 Å². The average Bonchev–Trinajstić information content (AvgIpc) is 3.01. The summed E-state index contributed by atoms with van der Waals surface area (Å²) >= 11 is 0. The van der Waals surface area contributed by atoms with Crippen LogP contribution in [-0.2, 0) is 11.2 Å². The second-order valence-corrected chi connectivity index (χ2v) is 7.16. The molecule has 1 heterocycles. The number of hydrogen-bond donors (Lipinski definition) is 3. The molecule has 1 amide bonds. The van der Waals surface area contributed by atoms with E-state index in [2.05, 4.69) is 20.9 Å². The molecule has 0 bridgehead atoms. The fourth-order valence-electron chi connectivity index (χ4n) is 3.01. The number of ether oxygens (including phenoxy) is 2. The number of carbonyl (C=O) groups excluding carboxylic acids is 1. The van der Waals surface area contributed by atoms with Crippen molar-refractivity contribution in [1.82, 2.24) is 10.6 Å². The van der Waals surface area contributed by atoms with Crippen LogP contribution in [0.5, 0.6) is 11.5 Å². The summed E-state index contributed by atoms with van der Waals surface area (Å²) in [6.45, 7) is 4.36. The average molecular weight is 556 g/mol. The number of halogens is 2. The van der Waals surface area contributed by atoms with E-state index in [4.69, 9.17) is 9.47 Å². The number of hydrogen-bond acceptors (Lipinski definition) is 4. The van der Waals surface area contributed by atoms with E-state index >= 15 is 0 Å². The van der Waals surface area contributed by atoms with Crippen molar-refractivity contribution < 1.29 is 18.7 Å². The first kappa shape index (κ1) is 25.7. The van der Waals surface area contributed by atoms with Crippen molar-refractivity contribution in [2.75, 3.05) is 38.2 Å². The topological polar surface area (TPSA) is 84.0 Å². The van der Waals surface area contributed by atoms with Crippen LogP contribution in [0.3, 0.4) is 0 Å². The van der Waals surface area contributed by atoms with Crippen molar-refractivity contribution in [2.45, 2.75) is 26.2 Å². The Labute approximate surface area is 205 Å². The Balaban J connectivity index is 0.00000363. The lowest BCUT2D eigenvalue weighted by atomic mass is 10.1. The van der Waals surface area contributed by atoms with Crippen LogP contribution >= 0.6 is 24.0 Å². The molecule has 174 valence electrons. The second-order valence-electron chi connectivity index (χ2n) is 7.16. The van der Waals surface area contributed by atoms with Crippen molar-refractivity contribution >= 4 is 41.5 Å². The zero-order chi connectivity index (χ0) is 21.9. The van der Waals surface area contributed by atoms with Crippen molar-refractivity contribution in [3.8, 4) is 11.5 Å². The number of aliphatic imine (C=N–C) groups is 1. The van der Waals surface area contributed by atoms with Gasteiger partial charge in [0.2, 0.25) is 5.91 Å². The molecule has 3 N–H and O–H groups in total. The Morgan fingerprint density at radius 1 is 1.06 bits per heavy atom. The van der Waals surface area contributed by atoms with E-state index in [1.165, 1.54) is 12.1 Å². The number of fused-ring (bicyclic) bond motifs is 1. The van der Waals surface area contributed by atoms with Gasteiger partial charge in [-0.25, -0.2) is 9.38 Å². The van der Waals surface area contributed by atoms with E-state index in [0.29, 0.717) is 50.2 Å². The predicted molar refractivity (Wildman–Crippen MR) is 135 cm³/mol. The van der Waals surface area contributed by atoms with Gasteiger partial charge in [-0.3, -0.25) is 4.79 Å². The Kier molecular flexibility index (Phi) is 11.1.